The molecule has 0 aliphatic rings. The van der Waals surface area contributed by atoms with E-state index in [1.54, 1.807) is 12.1 Å². The largest absolute Gasteiger partial charge is 0.338 e. The van der Waals surface area contributed by atoms with Gasteiger partial charge in [0, 0.05) is 23.9 Å². The number of aromatic nitrogens is 2. The minimum Gasteiger partial charge on any atom is -0.338 e. The van der Waals surface area contributed by atoms with Gasteiger partial charge in [-0.1, -0.05) is 54.5 Å². The first-order valence-corrected chi connectivity index (χ1v) is 8.47. The van der Waals surface area contributed by atoms with Crippen LogP contribution in [-0.2, 0) is 0 Å². The fourth-order valence-electron chi connectivity index (χ4n) is 2.30. The van der Waals surface area contributed by atoms with Crippen molar-refractivity contribution in [3.8, 4) is 11.4 Å². The SMILES string of the molecule is CCCNC(=O)Nc1cccc(-c2noc(C=Cc3ccccc3)n2)c1. The topological polar surface area (TPSA) is 80.0 Å². The van der Waals surface area contributed by atoms with E-state index < -0.39 is 0 Å². The molecule has 2 aromatic carbocycles. The van der Waals surface area contributed by atoms with E-state index in [4.69, 9.17) is 4.52 Å². The van der Waals surface area contributed by atoms with Gasteiger partial charge in [-0.2, -0.15) is 4.98 Å². The van der Waals surface area contributed by atoms with Gasteiger partial charge in [0.05, 0.1) is 0 Å². The maximum absolute atomic E-state index is 11.8. The van der Waals surface area contributed by atoms with Crippen LogP contribution in [0.5, 0.6) is 0 Å². The summed E-state index contributed by atoms with van der Waals surface area (Å²) >= 11 is 0. The zero-order valence-corrected chi connectivity index (χ0v) is 14.5. The second-order valence-corrected chi connectivity index (χ2v) is 5.66. The van der Waals surface area contributed by atoms with Crippen molar-refractivity contribution >= 4 is 23.9 Å². The summed E-state index contributed by atoms with van der Waals surface area (Å²) in [5, 5.41) is 9.56. The van der Waals surface area contributed by atoms with E-state index in [1.807, 2.05) is 61.5 Å². The molecule has 6 nitrogen and oxygen atoms in total. The van der Waals surface area contributed by atoms with Crippen molar-refractivity contribution in [2.24, 2.45) is 0 Å². The zero-order chi connectivity index (χ0) is 18.2. The second-order valence-electron chi connectivity index (χ2n) is 5.66. The Bertz CT molecular complexity index is 888. The molecule has 0 fully saturated rings. The zero-order valence-electron chi connectivity index (χ0n) is 14.5. The van der Waals surface area contributed by atoms with Gasteiger partial charge in [-0.15, -0.1) is 0 Å². The Morgan fingerprint density at radius 3 is 2.77 bits per heavy atom. The molecule has 3 rings (SSSR count). The summed E-state index contributed by atoms with van der Waals surface area (Å²) in [4.78, 5) is 16.1. The maximum Gasteiger partial charge on any atom is 0.319 e. The number of nitrogens with zero attached hydrogens (tertiary/aromatic N) is 2. The number of rotatable bonds is 6. The number of amides is 2. The molecule has 0 unspecified atom stereocenters. The molecule has 2 amide bonds. The third-order valence-corrected chi connectivity index (χ3v) is 3.57. The van der Waals surface area contributed by atoms with Crippen molar-refractivity contribution in [3.05, 3.63) is 66.1 Å². The van der Waals surface area contributed by atoms with Gasteiger partial charge in [0.15, 0.2) is 0 Å². The first-order valence-electron chi connectivity index (χ1n) is 8.47. The fraction of sp³-hybridized carbons (Fsp3) is 0.150. The van der Waals surface area contributed by atoms with Crippen LogP contribution >= 0.6 is 0 Å². The van der Waals surface area contributed by atoms with E-state index in [9.17, 15) is 4.79 Å². The number of urea groups is 1. The van der Waals surface area contributed by atoms with E-state index in [0.29, 0.717) is 23.9 Å². The highest BCUT2D eigenvalue weighted by Crippen LogP contribution is 2.20. The number of carbonyl (C=O) groups excluding carboxylic acids is 1. The minimum atomic E-state index is -0.233. The van der Waals surface area contributed by atoms with Crippen LogP contribution in [0.15, 0.2) is 59.1 Å². The van der Waals surface area contributed by atoms with E-state index >= 15 is 0 Å². The number of hydrogen-bond donors (Lipinski definition) is 2. The summed E-state index contributed by atoms with van der Waals surface area (Å²) in [6, 6.07) is 17.0. The molecule has 2 N–H and O–H groups in total. The first kappa shape index (κ1) is 17.4. The number of carbonyl (C=O) groups is 1. The smallest absolute Gasteiger partial charge is 0.319 e. The van der Waals surface area contributed by atoms with E-state index in [2.05, 4.69) is 20.8 Å². The van der Waals surface area contributed by atoms with Crippen LogP contribution in [-0.4, -0.2) is 22.7 Å². The lowest BCUT2D eigenvalue weighted by Gasteiger charge is -2.07. The minimum absolute atomic E-state index is 0.233. The second kappa shape index (κ2) is 8.62. The van der Waals surface area contributed by atoms with Gasteiger partial charge >= 0.3 is 6.03 Å². The van der Waals surface area contributed by atoms with Gasteiger partial charge in [-0.25, -0.2) is 4.79 Å². The Balaban J connectivity index is 1.70. The van der Waals surface area contributed by atoms with E-state index in [1.165, 1.54) is 0 Å². The monoisotopic (exact) mass is 348 g/mol. The highest BCUT2D eigenvalue weighted by atomic mass is 16.5. The first-order chi connectivity index (χ1) is 12.7. The van der Waals surface area contributed by atoms with Crippen LogP contribution < -0.4 is 10.6 Å². The Morgan fingerprint density at radius 1 is 1.12 bits per heavy atom. The van der Waals surface area contributed by atoms with Crippen LogP contribution in [0.25, 0.3) is 23.5 Å². The summed E-state index contributed by atoms with van der Waals surface area (Å²) in [5.41, 5.74) is 2.49. The van der Waals surface area contributed by atoms with Gasteiger partial charge < -0.3 is 15.2 Å². The van der Waals surface area contributed by atoms with Crippen LogP contribution in [0.2, 0.25) is 0 Å². The Kier molecular flexibility index (Phi) is 5.77. The number of hydrogen-bond acceptors (Lipinski definition) is 4. The van der Waals surface area contributed by atoms with Crippen molar-refractivity contribution < 1.29 is 9.32 Å². The summed E-state index contributed by atoms with van der Waals surface area (Å²) in [6.45, 7) is 2.63. The summed E-state index contributed by atoms with van der Waals surface area (Å²) in [5.74, 6) is 0.887. The Labute approximate surface area is 151 Å². The lowest BCUT2D eigenvalue weighted by atomic mass is 10.2. The predicted octanol–water partition coefficient (Wildman–Crippen LogP) is 4.44. The molecule has 0 aliphatic heterocycles. The average molecular weight is 348 g/mol. The van der Waals surface area contributed by atoms with Crippen LogP contribution in [0.1, 0.15) is 24.8 Å². The molecular formula is C20H20N4O2. The molecule has 0 saturated carbocycles. The van der Waals surface area contributed by atoms with Crippen molar-refractivity contribution in [1.29, 1.82) is 0 Å². The molecule has 0 aliphatic carbocycles. The lowest BCUT2D eigenvalue weighted by Crippen LogP contribution is -2.29. The molecule has 132 valence electrons. The van der Waals surface area contributed by atoms with Gasteiger partial charge in [0.2, 0.25) is 5.82 Å². The van der Waals surface area contributed by atoms with Crippen LogP contribution in [0, 0.1) is 0 Å². The molecule has 3 aromatic rings. The average Bonchev–Trinajstić information content (AvgIpc) is 3.15. The van der Waals surface area contributed by atoms with Gasteiger partial charge in [0.25, 0.3) is 5.89 Å². The quantitative estimate of drug-likeness (QED) is 0.690. The van der Waals surface area contributed by atoms with Gasteiger partial charge in [-0.3, -0.25) is 0 Å². The predicted molar refractivity (Wildman–Crippen MR) is 102 cm³/mol. The highest BCUT2D eigenvalue weighted by molar-refractivity contribution is 5.89. The molecule has 1 aromatic heterocycles. The number of nitrogens with one attached hydrogen (secondary N) is 2. The van der Waals surface area contributed by atoms with Crippen LogP contribution in [0.3, 0.4) is 0 Å². The molecule has 6 heteroatoms. The van der Waals surface area contributed by atoms with Crippen molar-refractivity contribution in [2.75, 3.05) is 11.9 Å². The third-order valence-electron chi connectivity index (χ3n) is 3.57. The molecule has 0 radical (unpaired) electrons. The standard InChI is InChI=1S/C20H20N4O2/c1-2-13-21-20(25)22-17-10-6-9-16(14-17)19-23-18(26-24-19)12-11-15-7-4-3-5-8-15/h3-12,14H,2,13H2,1H3,(H2,21,22,25). The van der Waals surface area contributed by atoms with Crippen LogP contribution in [0.4, 0.5) is 10.5 Å². The van der Waals surface area contributed by atoms with Gasteiger partial charge in [0.1, 0.15) is 0 Å². The molecular weight excluding hydrogens is 328 g/mol. The molecule has 26 heavy (non-hydrogen) atoms. The highest BCUT2D eigenvalue weighted by Gasteiger charge is 2.08. The van der Waals surface area contributed by atoms with Gasteiger partial charge in [-0.05, 0) is 30.2 Å². The summed E-state index contributed by atoms with van der Waals surface area (Å²) in [7, 11) is 0. The van der Waals surface area contributed by atoms with E-state index in [-0.39, 0.29) is 6.03 Å². The number of anilines is 1. The fourth-order valence-corrected chi connectivity index (χ4v) is 2.30. The molecule has 0 bridgehead atoms. The van der Waals surface area contributed by atoms with E-state index in [0.717, 1.165) is 17.5 Å². The summed E-state index contributed by atoms with van der Waals surface area (Å²) < 4.78 is 5.27. The molecule has 1 heterocycles. The molecule has 0 atom stereocenters. The number of benzene rings is 2. The Hall–Kier alpha value is -3.41. The van der Waals surface area contributed by atoms with Crippen molar-refractivity contribution in [3.63, 3.8) is 0 Å². The molecule has 0 spiro atoms. The van der Waals surface area contributed by atoms with Crippen molar-refractivity contribution in [1.82, 2.24) is 15.5 Å². The maximum atomic E-state index is 11.8. The Morgan fingerprint density at radius 2 is 1.96 bits per heavy atom. The summed E-state index contributed by atoms with van der Waals surface area (Å²) in [6.07, 6.45) is 4.56. The van der Waals surface area contributed by atoms with Crippen molar-refractivity contribution in [2.45, 2.75) is 13.3 Å². The third kappa shape index (κ3) is 4.80. The normalized spacial score (nSPS) is 10.8. The molecule has 0 saturated heterocycles. The lowest BCUT2D eigenvalue weighted by molar-refractivity contribution is 0.252.